The maximum absolute atomic E-state index is 9.23. The van der Waals surface area contributed by atoms with Gasteiger partial charge in [-0.1, -0.05) is 37.3 Å². The minimum atomic E-state index is 0.343. The molecule has 94 valence electrons. The molecule has 2 rings (SSSR count). The van der Waals surface area contributed by atoms with Crippen LogP contribution in [0.15, 0.2) is 30.3 Å². The molecular weight excluding hydrogens is 210 g/mol. The fourth-order valence-electron chi connectivity index (χ4n) is 2.74. The number of benzene rings is 1. The maximum atomic E-state index is 9.23. The molecule has 17 heavy (non-hydrogen) atoms. The third-order valence-electron chi connectivity index (χ3n) is 3.76. The monoisotopic (exact) mass is 233 g/mol. The highest BCUT2D eigenvalue weighted by molar-refractivity contribution is 5.19. The zero-order chi connectivity index (χ0) is 12.1. The van der Waals surface area contributed by atoms with Crippen LogP contribution < -0.4 is 0 Å². The molecule has 1 heterocycles. The molecule has 2 heteroatoms. The second-order valence-corrected chi connectivity index (χ2v) is 5.26. The number of hydrogen-bond acceptors (Lipinski definition) is 2. The lowest BCUT2D eigenvalue weighted by molar-refractivity contribution is 0.117. The molecule has 0 aromatic heterocycles. The lowest BCUT2D eigenvalue weighted by atomic mass is 9.96. The predicted molar refractivity (Wildman–Crippen MR) is 71.1 cm³/mol. The zero-order valence-corrected chi connectivity index (χ0v) is 10.7. The standard InChI is InChI=1S/C15H23NO/c1-13(15-7-3-2-4-8-15)10-16-9-5-6-14(11-16)12-17/h2-4,7-8,13-14,17H,5-6,9-12H2,1H3/t13-,14+/m0/s1. The van der Waals surface area contributed by atoms with Gasteiger partial charge in [0.05, 0.1) is 0 Å². The van der Waals surface area contributed by atoms with Crippen molar-refractivity contribution in [2.45, 2.75) is 25.7 Å². The summed E-state index contributed by atoms with van der Waals surface area (Å²) < 4.78 is 0. The van der Waals surface area contributed by atoms with Gasteiger partial charge >= 0.3 is 0 Å². The number of rotatable bonds is 4. The van der Waals surface area contributed by atoms with Crippen LogP contribution in [0.25, 0.3) is 0 Å². The maximum Gasteiger partial charge on any atom is 0.0471 e. The Kier molecular flexibility index (Phi) is 4.57. The number of aliphatic hydroxyl groups is 1. The van der Waals surface area contributed by atoms with Gasteiger partial charge in [0, 0.05) is 19.7 Å². The average Bonchev–Trinajstić information content (AvgIpc) is 2.40. The average molecular weight is 233 g/mol. The molecule has 0 radical (unpaired) electrons. The van der Waals surface area contributed by atoms with Gasteiger partial charge in [0.15, 0.2) is 0 Å². The minimum absolute atomic E-state index is 0.343. The highest BCUT2D eigenvalue weighted by atomic mass is 16.3. The van der Waals surface area contributed by atoms with Crippen molar-refractivity contribution in [3.63, 3.8) is 0 Å². The van der Waals surface area contributed by atoms with Crippen LogP contribution in [-0.4, -0.2) is 36.2 Å². The third kappa shape index (κ3) is 3.55. The molecule has 1 aromatic carbocycles. The molecule has 1 aliphatic rings. The topological polar surface area (TPSA) is 23.5 Å². The number of aliphatic hydroxyl groups excluding tert-OH is 1. The lowest BCUT2D eigenvalue weighted by Gasteiger charge is -2.33. The number of hydrogen-bond donors (Lipinski definition) is 1. The van der Waals surface area contributed by atoms with Crippen LogP contribution in [0.1, 0.15) is 31.2 Å². The summed E-state index contributed by atoms with van der Waals surface area (Å²) in [6.07, 6.45) is 2.42. The normalized spacial score (nSPS) is 23.5. The van der Waals surface area contributed by atoms with E-state index in [1.165, 1.54) is 24.9 Å². The van der Waals surface area contributed by atoms with Gasteiger partial charge in [-0.2, -0.15) is 0 Å². The van der Waals surface area contributed by atoms with Crippen LogP contribution in [0.4, 0.5) is 0 Å². The van der Waals surface area contributed by atoms with E-state index in [4.69, 9.17) is 0 Å². The SMILES string of the molecule is C[C@@H](CN1CCC[C@@H](CO)C1)c1ccccc1. The Bertz CT molecular complexity index is 325. The van der Waals surface area contributed by atoms with Crippen LogP contribution in [0.3, 0.4) is 0 Å². The van der Waals surface area contributed by atoms with E-state index < -0.39 is 0 Å². The van der Waals surface area contributed by atoms with Crippen molar-refractivity contribution in [1.82, 2.24) is 4.90 Å². The first-order chi connectivity index (χ1) is 8.29. The number of nitrogens with zero attached hydrogens (tertiary/aromatic N) is 1. The molecule has 1 aliphatic heterocycles. The van der Waals surface area contributed by atoms with Crippen molar-refractivity contribution in [2.75, 3.05) is 26.2 Å². The van der Waals surface area contributed by atoms with E-state index in [9.17, 15) is 5.11 Å². The quantitative estimate of drug-likeness (QED) is 0.863. The predicted octanol–water partition coefficient (Wildman–Crippen LogP) is 2.49. The molecule has 0 amide bonds. The smallest absolute Gasteiger partial charge is 0.0471 e. The van der Waals surface area contributed by atoms with Gasteiger partial charge in [0.1, 0.15) is 0 Å². The molecule has 1 fully saturated rings. The molecule has 1 saturated heterocycles. The lowest BCUT2D eigenvalue weighted by Crippen LogP contribution is -2.38. The fraction of sp³-hybridized carbons (Fsp3) is 0.600. The first kappa shape index (κ1) is 12.6. The Morgan fingerprint density at radius 1 is 1.35 bits per heavy atom. The van der Waals surface area contributed by atoms with Crippen LogP contribution >= 0.6 is 0 Å². The van der Waals surface area contributed by atoms with E-state index in [-0.39, 0.29) is 0 Å². The minimum Gasteiger partial charge on any atom is -0.396 e. The molecule has 2 nitrogen and oxygen atoms in total. The highest BCUT2D eigenvalue weighted by Crippen LogP contribution is 2.21. The number of likely N-dealkylation sites (tertiary alicyclic amines) is 1. The van der Waals surface area contributed by atoms with Crippen LogP contribution in [0, 0.1) is 5.92 Å². The molecule has 1 aromatic rings. The summed E-state index contributed by atoms with van der Waals surface area (Å²) in [4.78, 5) is 2.50. The van der Waals surface area contributed by atoms with Crippen molar-refractivity contribution >= 4 is 0 Å². The summed E-state index contributed by atoms with van der Waals surface area (Å²) in [7, 11) is 0. The Hall–Kier alpha value is -0.860. The molecule has 0 saturated carbocycles. The molecule has 2 atom stereocenters. The van der Waals surface area contributed by atoms with Gasteiger partial charge in [0.25, 0.3) is 0 Å². The van der Waals surface area contributed by atoms with Gasteiger partial charge in [-0.15, -0.1) is 0 Å². The van der Waals surface area contributed by atoms with E-state index in [1.54, 1.807) is 0 Å². The third-order valence-corrected chi connectivity index (χ3v) is 3.76. The van der Waals surface area contributed by atoms with Crippen LogP contribution in [0.2, 0.25) is 0 Å². The second-order valence-electron chi connectivity index (χ2n) is 5.26. The van der Waals surface area contributed by atoms with Gasteiger partial charge in [-0.25, -0.2) is 0 Å². The van der Waals surface area contributed by atoms with Crippen molar-refractivity contribution in [3.8, 4) is 0 Å². The first-order valence-corrected chi connectivity index (χ1v) is 6.67. The summed E-state index contributed by atoms with van der Waals surface area (Å²) in [5.74, 6) is 1.07. The van der Waals surface area contributed by atoms with E-state index in [2.05, 4.69) is 42.2 Å². The second kappa shape index (κ2) is 6.18. The van der Waals surface area contributed by atoms with Crippen molar-refractivity contribution in [2.24, 2.45) is 5.92 Å². The van der Waals surface area contributed by atoms with Crippen molar-refractivity contribution in [1.29, 1.82) is 0 Å². The highest BCUT2D eigenvalue weighted by Gasteiger charge is 2.20. The summed E-state index contributed by atoms with van der Waals surface area (Å²) in [5, 5.41) is 9.23. The van der Waals surface area contributed by atoms with E-state index in [0.717, 1.165) is 13.1 Å². The van der Waals surface area contributed by atoms with Gasteiger partial charge < -0.3 is 10.0 Å². The number of piperidine rings is 1. The summed E-state index contributed by atoms with van der Waals surface area (Å²) in [6, 6.07) is 10.7. The molecule has 0 bridgehead atoms. The molecular formula is C15H23NO. The van der Waals surface area contributed by atoms with Crippen molar-refractivity contribution < 1.29 is 5.11 Å². The first-order valence-electron chi connectivity index (χ1n) is 6.67. The van der Waals surface area contributed by atoms with E-state index in [0.29, 0.717) is 18.4 Å². The Balaban J connectivity index is 1.88. The summed E-state index contributed by atoms with van der Waals surface area (Å²) in [6.45, 7) is 6.00. The van der Waals surface area contributed by atoms with Gasteiger partial charge in [-0.05, 0) is 36.8 Å². The van der Waals surface area contributed by atoms with Crippen LogP contribution in [0.5, 0.6) is 0 Å². The fourth-order valence-corrected chi connectivity index (χ4v) is 2.74. The molecule has 1 N–H and O–H groups in total. The molecule has 0 spiro atoms. The van der Waals surface area contributed by atoms with Crippen molar-refractivity contribution in [3.05, 3.63) is 35.9 Å². The largest absolute Gasteiger partial charge is 0.396 e. The van der Waals surface area contributed by atoms with E-state index in [1.807, 2.05) is 0 Å². The van der Waals surface area contributed by atoms with Gasteiger partial charge in [-0.3, -0.25) is 0 Å². The Morgan fingerprint density at radius 3 is 2.82 bits per heavy atom. The Labute approximate surface area is 104 Å². The molecule has 0 unspecified atom stereocenters. The molecule has 0 aliphatic carbocycles. The zero-order valence-electron chi connectivity index (χ0n) is 10.7. The van der Waals surface area contributed by atoms with E-state index >= 15 is 0 Å². The summed E-state index contributed by atoms with van der Waals surface area (Å²) >= 11 is 0. The summed E-state index contributed by atoms with van der Waals surface area (Å²) in [5.41, 5.74) is 1.42. The van der Waals surface area contributed by atoms with Crippen LogP contribution in [-0.2, 0) is 0 Å². The Morgan fingerprint density at radius 2 is 2.12 bits per heavy atom. The van der Waals surface area contributed by atoms with Gasteiger partial charge in [0.2, 0.25) is 0 Å².